The highest BCUT2D eigenvalue weighted by atomic mass is 16.5. The van der Waals surface area contributed by atoms with E-state index in [2.05, 4.69) is 35.3 Å². The van der Waals surface area contributed by atoms with Crippen molar-refractivity contribution in [3.05, 3.63) is 29.3 Å². The van der Waals surface area contributed by atoms with Crippen LogP contribution in [0.15, 0.2) is 18.2 Å². The van der Waals surface area contributed by atoms with E-state index in [1.165, 1.54) is 16.8 Å². The lowest BCUT2D eigenvalue weighted by Gasteiger charge is -2.21. The maximum Gasteiger partial charge on any atom is 0.0762 e. The minimum atomic E-state index is 0.395. The van der Waals surface area contributed by atoms with Crippen LogP contribution in [0.25, 0.3) is 0 Å². The predicted molar refractivity (Wildman–Crippen MR) is 71.6 cm³/mol. The van der Waals surface area contributed by atoms with Crippen molar-refractivity contribution in [2.75, 3.05) is 32.1 Å². The van der Waals surface area contributed by atoms with E-state index < -0.39 is 0 Å². The van der Waals surface area contributed by atoms with Crippen LogP contribution in [0.3, 0.4) is 0 Å². The van der Waals surface area contributed by atoms with Gasteiger partial charge >= 0.3 is 0 Å². The third-order valence-corrected chi connectivity index (χ3v) is 3.46. The molecule has 1 fully saturated rings. The van der Waals surface area contributed by atoms with Crippen molar-refractivity contribution in [1.29, 1.82) is 0 Å². The van der Waals surface area contributed by atoms with Crippen LogP contribution in [-0.2, 0) is 11.3 Å². The molecule has 1 aromatic rings. The Morgan fingerprint density at radius 1 is 1.47 bits per heavy atom. The summed E-state index contributed by atoms with van der Waals surface area (Å²) in [5, 5.41) is 3.18. The first-order chi connectivity index (χ1) is 8.24. The maximum absolute atomic E-state index is 5.41. The van der Waals surface area contributed by atoms with Gasteiger partial charge in [0.1, 0.15) is 0 Å². The van der Waals surface area contributed by atoms with Crippen LogP contribution in [0.4, 0.5) is 5.69 Å². The van der Waals surface area contributed by atoms with Crippen LogP contribution in [0.2, 0.25) is 0 Å². The molecule has 0 amide bonds. The second-order valence-corrected chi connectivity index (χ2v) is 4.74. The zero-order valence-electron chi connectivity index (χ0n) is 11.0. The fourth-order valence-electron chi connectivity index (χ4n) is 2.53. The third-order valence-electron chi connectivity index (χ3n) is 3.46. The van der Waals surface area contributed by atoms with Gasteiger partial charge in [-0.1, -0.05) is 12.1 Å². The number of hydrogen-bond donors (Lipinski definition) is 1. The molecule has 1 atom stereocenters. The molecule has 1 aromatic carbocycles. The zero-order chi connectivity index (χ0) is 12.3. The van der Waals surface area contributed by atoms with Gasteiger partial charge in [0.2, 0.25) is 0 Å². The molecule has 3 nitrogen and oxygen atoms in total. The van der Waals surface area contributed by atoms with Crippen LogP contribution in [0.1, 0.15) is 17.5 Å². The Bertz CT molecular complexity index is 378. The Labute approximate surface area is 104 Å². The summed E-state index contributed by atoms with van der Waals surface area (Å²) < 4.78 is 5.41. The lowest BCUT2D eigenvalue weighted by atomic mass is 10.1. The van der Waals surface area contributed by atoms with Crippen LogP contribution < -0.4 is 10.2 Å². The van der Waals surface area contributed by atoms with E-state index in [0.29, 0.717) is 6.10 Å². The molecule has 1 N–H and O–H groups in total. The number of benzene rings is 1. The van der Waals surface area contributed by atoms with Gasteiger partial charge in [0.25, 0.3) is 0 Å². The summed E-state index contributed by atoms with van der Waals surface area (Å²) in [7, 11) is 3.78. The molecule has 1 unspecified atom stereocenters. The Hall–Kier alpha value is -1.06. The smallest absolute Gasteiger partial charge is 0.0762 e. The van der Waals surface area contributed by atoms with Crippen molar-refractivity contribution in [3.8, 4) is 0 Å². The Morgan fingerprint density at radius 2 is 2.29 bits per heavy atom. The summed E-state index contributed by atoms with van der Waals surface area (Å²) in [6, 6.07) is 6.71. The zero-order valence-corrected chi connectivity index (χ0v) is 11.0. The average molecular weight is 234 g/mol. The first-order valence-electron chi connectivity index (χ1n) is 6.26. The fourth-order valence-corrected chi connectivity index (χ4v) is 2.53. The van der Waals surface area contributed by atoms with Crippen LogP contribution in [0.5, 0.6) is 0 Å². The second kappa shape index (κ2) is 5.52. The number of nitrogens with one attached hydrogen (secondary N) is 1. The molecule has 1 aliphatic heterocycles. The molecule has 1 saturated heterocycles. The van der Waals surface area contributed by atoms with Crippen LogP contribution >= 0.6 is 0 Å². The minimum absolute atomic E-state index is 0.395. The number of methoxy groups -OCH3 is 1. The third kappa shape index (κ3) is 2.79. The molecule has 0 bridgehead atoms. The molecular weight excluding hydrogens is 212 g/mol. The highest BCUT2D eigenvalue weighted by Gasteiger charge is 2.23. The van der Waals surface area contributed by atoms with Crippen molar-refractivity contribution >= 4 is 5.69 Å². The average Bonchev–Trinajstić information content (AvgIpc) is 2.78. The van der Waals surface area contributed by atoms with Crippen LogP contribution in [-0.4, -0.2) is 33.4 Å². The molecule has 0 saturated carbocycles. The molecule has 0 radical (unpaired) electrons. The standard InChI is InChI=1S/C14H22N2O/c1-11-8-12(9-15-2)4-5-14(11)16-7-6-13(10-16)17-3/h4-5,8,13,15H,6-7,9-10H2,1-3H3. The number of hydrogen-bond acceptors (Lipinski definition) is 3. The summed E-state index contributed by atoms with van der Waals surface area (Å²) in [5.74, 6) is 0. The van der Waals surface area contributed by atoms with E-state index in [0.717, 1.165) is 26.1 Å². The highest BCUT2D eigenvalue weighted by Crippen LogP contribution is 2.25. The van der Waals surface area contributed by atoms with Gasteiger partial charge in [-0.25, -0.2) is 0 Å². The van der Waals surface area contributed by atoms with Gasteiger partial charge in [-0.05, 0) is 37.6 Å². The maximum atomic E-state index is 5.41. The molecule has 1 heterocycles. The van der Waals surface area contributed by atoms with Gasteiger partial charge in [0.15, 0.2) is 0 Å². The van der Waals surface area contributed by atoms with Gasteiger partial charge in [-0.3, -0.25) is 0 Å². The molecule has 1 aliphatic rings. The van der Waals surface area contributed by atoms with E-state index in [-0.39, 0.29) is 0 Å². The summed E-state index contributed by atoms with van der Waals surface area (Å²) in [6.45, 7) is 5.24. The normalized spacial score (nSPS) is 19.9. The van der Waals surface area contributed by atoms with Crippen molar-refractivity contribution in [1.82, 2.24) is 5.32 Å². The number of ether oxygens (including phenoxy) is 1. The SMILES string of the molecule is CNCc1ccc(N2CCC(OC)C2)c(C)c1. The monoisotopic (exact) mass is 234 g/mol. The first-order valence-corrected chi connectivity index (χ1v) is 6.26. The van der Waals surface area contributed by atoms with E-state index in [1.807, 2.05) is 7.05 Å². The van der Waals surface area contributed by atoms with Crippen molar-refractivity contribution in [3.63, 3.8) is 0 Å². The van der Waals surface area contributed by atoms with Crippen molar-refractivity contribution < 1.29 is 4.74 Å². The van der Waals surface area contributed by atoms with Gasteiger partial charge in [0, 0.05) is 32.4 Å². The summed E-state index contributed by atoms with van der Waals surface area (Å²) in [5.41, 5.74) is 4.05. The topological polar surface area (TPSA) is 24.5 Å². The lowest BCUT2D eigenvalue weighted by Crippen LogP contribution is -2.23. The number of aryl methyl sites for hydroxylation is 1. The summed E-state index contributed by atoms with van der Waals surface area (Å²) in [6.07, 6.45) is 1.53. The number of nitrogens with zero attached hydrogens (tertiary/aromatic N) is 1. The van der Waals surface area contributed by atoms with Gasteiger partial charge in [-0.2, -0.15) is 0 Å². The van der Waals surface area contributed by atoms with Gasteiger partial charge < -0.3 is 15.0 Å². The molecule has 0 spiro atoms. The molecule has 94 valence electrons. The molecule has 0 aromatic heterocycles. The Kier molecular flexibility index (Phi) is 4.02. The van der Waals surface area contributed by atoms with Crippen LogP contribution in [0, 0.1) is 6.92 Å². The molecular formula is C14H22N2O. The largest absolute Gasteiger partial charge is 0.380 e. The van der Waals surface area contributed by atoms with E-state index in [4.69, 9.17) is 4.74 Å². The molecule has 0 aliphatic carbocycles. The number of rotatable bonds is 4. The van der Waals surface area contributed by atoms with Crippen molar-refractivity contribution in [2.24, 2.45) is 0 Å². The van der Waals surface area contributed by atoms with Gasteiger partial charge in [-0.15, -0.1) is 0 Å². The van der Waals surface area contributed by atoms with E-state index in [1.54, 1.807) is 7.11 Å². The van der Waals surface area contributed by atoms with Crippen molar-refractivity contribution in [2.45, 2.75) is 26.0 Å². The Balaban J connectivity index is 2.11. The fraction of sp³-hybridized carbons (Fsp3) is 0.571. The van der Waals surface area contributed by atoms with Gasteiger partial charge in [0.05, 0.1) is 6.10 Å². The quantitative estimate of drug-likeness (QED) is 0.861. The predicted octanol–water partition coefficient (Wildman–Crippen LogP) is 1.94. The first kappa shape index (κ1) is 12.4. The molecule has 2 rings (SSSR count). The lowest BCUT2D eigenvalue weighted by molar-refractivity contribution is 0.121. The molecule has 3 heteroatoms. The Morgan fingerprint density at radius 3 is 2.88 bits per heavy atom. The molecule has 17 heavy (non-hydrogen) atoms. The highest BCUT2D eigenvalue weighted by molar-refractivity contribution is 5.55. The second-order valence-electron chi connectivity index (χ2n) is 4.74. The van der Waals surface area contributed by atoms with E-state index >= 15 is 0 Å². The number of anilines is 1. The minimum Gasteiger partial charge on any atom is -0.380 e. The summed E-state index contributed by atoms with van der Waals surface area (Å²) in [4.78, 5) is 2.42. The van der Waals surface area contributed by atoms with E-state index in [9.17, 15) is 0 Å². The summed E-state index contributed by atoms with van der Waals surface area (Å²) >= 11 is 0.